The van der Waals surface area contributed by atoms with E-state index in [4.69, 9.17) is 11.5 Å². The normalized spacial score (nSPS) is 33.8. The van der Waals surface area contributed by atoms with Crippen molar-refractivity contribution in [1.29, 1.82) is 0 Å². The fourth-order valence-electron chi connectivity index (χ4n) is 11.8. The number of benzene rings is 2. The maximum Gasteiger partial charge on any atom is 0.241 e. The van der Waals surface area contributed by atoms with E-state index in [1.54, 1.807) is 17.4 Å². The number of carbonyl (C=O) groups excluding carboxylic acids is 2. The lowest BCUT2D eigenvalue weighted by molar-refractivity contribution is -0.187. The van der Waals surface area contributed by atoms with Gasteiger partial charge in [-0.3, -0.25) is 9.59 Å². The van der Waals surface area contributed by atoms with Crippen LogP contribution in [-0.4, -0.2) is 51.1 Å². The van der Waals surface area contributed by atoms with E-state index in [9.17, 15) is 9.90 Å². The molecule has 2 fully saturated rings. The molecule has 51 heavy (non-hydrogen) atoms. The summed E-state index contributed by atoms with van der Waals surface area (Å²) in [4.78, 5) is 37.1. The number of hydrogen-bond acceptors (Lipinski definition) is 6. The second-order valence-electron chi connectivity index (χ2n) is 17.7. The Labute approximate surface area is 303 Å². The predicted molar refractivity (Wildman–Crippen MR) is 202 cm³/mol. The van der Waals surface area contributed by atoms with Gasteiger partial charge in [-0.2, -0.15) is 0 Å². The van der Waals surface area contributed by atoms with Gasteiger partial charge < -0.3 is 31.8 Å². The molecule has 2 amide bonds. The van der Waals surface area contributed by atoms with Crippen LogP contribution < -0.4 is 16.8 Å². The Balaban J connectivity index is 1.15. The van der Waals surface area contributed by atoms with Gasteiger partial charge in [0.1, 0.15) is 6.23 Å². The number of nitrogens with one attached hydrogen (secondary N) is 2. The fraction of sp³-hybridized carbons (Fsp3) is 0.595. The van der Waals surface area contributed by atoms with Crippen LogP contribution in [0.3, 0.4) is 0 Å². The number of imidazole rings is 1. The summed E-state index contributed by atoms with van der Waals surface area (Å²) in [7, 11) is 1.84. The number of nitrogen functional groups attached to an aromatic ring is 1. The molecule has 2 aromatic carbocycles. The standard InChI is InChI=1S/C42H58N6O3/c1-38-16-7-17-39(2,34(38)14-11-26-9-12-28(43)21-31(26)38)36(50)48(6)37(51)41(4)19-8-18-40(3)32-22-29(13-10-27(32)15-20-42(40,41)5)47-35(49)33(44)23-30-24-45-25-46-30/h9-10,12-13,21-22,24-25,33-34,36,50H,7-8,11,14-20,23,43-44H2,1-6H3,(H,45,46)(H,47,49)/t33-,34+,36?,38+,39-,40+,41+,42+/m0/s1. The Hall–Kier alpha value is -3.69. The minimum atomic E-state index is -0.908. The zero-order chi connectivity index (χ0) is 36.6. The second-order valence-corrected chi connectivity index (χ2v) is 17.7. The first-order chi connectivity index (χ1) is 24.1. The molecule has 7 N–H and O–H groups in total. The van der Waals surface area contributed by atoms with Crippen LogP contribution in [0.2, 0.25) is 0 Å². The summed E-state index contributed by atoms with van der Waals surface area (Å²) < 4.78 is 0. The quantitative estimate of drug-likeness (QED) is 0.143. The molecule has 1 aromatic heterocycles. The van der Waals surface area contributed by atoms with E-state index in [1.165, 1.54) is 22.3 Å². The molecule has 0 radical (unpaired) electrons. The third-order valence-corrected chi connectivity index (χ3v) is 15.2. The van der Waals surface area contributed by atoms with Gasteiger partial charge in [0.2, 0.25) is 11.8 Å². The molecule has 4 aliphatic rings. The van der Waals surface area contributed by atoms with Gasteiger partial charge in [-0.1, -0.05) is 59.6 Å². The number of aromatic amines is 1. The highest BCUT2D eigenvalue weighted by Gasteiger charge is 2.64. The summed E-state index contributed by atoms with van der Waals surface area (Å²) in [6.45, 7) is 11.4. The van der Waals surface area contributed by atoms with Crippen LogP contribution in [0.15, 0.2) is 48.9 Å². The number of nitrogens with two attached hydrogens (primary N) is 2. The van der Waals surface area contributed by atoms with Crippen molar-refractivity contribution in [3.8, 4) is 0 Å². The number of aliphatic hydroxyl groups excluding tert-OH is 1. The van der Waals surface area contributed by atoms with Crippen LogP contribution in [0.1, 0.15) is 114 Å². The van der Waals surface area contributed by atoms with Gasteiger partial charge in [0.05, 0.1) is 17.8 Å². The predicted octanol–water partition coefficient (Wildman–Crippen LogP) is 6.39. The zero-order valence-corrected chi connectivity index (χ0v) is 31.4. The molecule has 7 rings (SSSR count). The summed E-state index contributed by atoms with van der Waals surface area (Å²) in [5, 5.41) is 15.5. The molecule has 0 saturated heterocycles. The summed E-state index contributed by atoms with van der Waals surface area (Å²) in [6.07, 6.45) is 12.0. The van der Waals surface area contributed by atoms with Gasteiger partial charge in [0, 0.05) is 42.1 Å². The summed E-state index contributed by atoms with van der Waals surface area (Å²) >= 11 is 0. The van der Waals surface area contributed by atoms with Crippen molar-refractivity contribution in [3.63, 3.8) is 0 Å². The van der Waals surface area contributed by atoms with Crippen molar-refractivity contribution < 1.29 is 14.7 Å². The molecule has 9 heteroatoms. The number of amides is 2. The SMILES string of the molecule is CN(C(=O)[C@@]1(C)CCC[C@]2(C)c3cc(NC(=O)[C@@H](N)Cc4cnc[nH]4)ccc3CC[C@@]12C)C(O)[C@@]1(C)CCC[C@]2(C)c3cc(N)ccc3CC[C@H]21. The maximum atomic E-state index is 15.1. The van der Waals surface area contributed by atoms with Crippen LogP contribution in [0.25, 0.3) is 0 Å². The molecule has 1 unspecified atom stereocenters. The van der Waals surface area contributed by atoms with Crippen molar-refractivity contribution in [1.82, 2.24) is 14.9 Å². The first kappa shape index (κ1) is 35.7. The molecule has 2 saturated carbocycles. The van der Waals surface area contributed by atoms with E-state index in [1.807, 2.05) is 19.2 Å². The lowest BCUT2D eigenvalue weighted by atomic mass is 9.41. The van der Waals surface area contributed by atoms with E-state index >= 15 is 4.79 Å². The van der Waals surface area contributed by atoms with Crippen molar-refractivity contribution in [2.75, 3.05) is 18.1 Å². The maximum absolute atomic E-state index is 15.1. The molecular formula is C42H58N6O3. The number of hydrogen-bond donors (Lipinski definition) is 5. The monoisotopic (exact) mass is 694 g/mol. The molecule has 1 heterocycles. The highest BCUT2D eigenvalue weighted by Crippen LogP contribution is 2.66. The highest BCUT2D eigenvalue weighted by molar-refractivity contribution is 5.95. The average molecular weight is 695 g/mol. The zero-order valence-electron chi connectivity index (χ0n) is 31.4. The first-order valence-corrected chi connectivity index (χ1v) is 19.1. The molecule has 0 bridgehead atoms. The molecule has 4 aliphatic carbocycles. The van der Waals surface area contributed by atoms with Crippen LogP contribution in [0, 0.1) is 22.2 Å². The van der Waals surface area contributed by atoms with Gasteiger partial charge in [0.15, 0.2) is 0 Å². The van der Waals surface area contributed by atoms with Crippen LogP contribution >= 0.6 is 0 Å². The van der Waals surface area contributed by atoms with Gasteiger partial charge in [-0.25, -0.2) is 4.98 Å². The Kier molecular flexibility index (Phi) is 8.73. The van der Waals surface area contributed by atoms with E-state index < -0.39 is 23.1 Å². The van der Waals surface area contributed by atoms with Gasteiger partial charge in [0.25, 0.3) is 0 Å². The Morgan fingerprint density at radius 2 is 1.71 bits per heavy atom. The lowest BCUT2D eigenvalue weighted by Gasteiger charge is -2.63. The van der Waals surface area contributed by atoms with E-state index in [0.717, 1.165) is 81.3 Å². The van der Waals surface area contributed by atoms with E-state index in [0.29, 0.717) is 6.42 Å². The van der Waals surface area contributed by atoms with Crippen molar-refractivity contribution >= 4 is 23.2 Å². The number of anilines is 2. The number of nitrogens with zero attached hydrogens (tertiary/aromatic N) is 2. The van der Waals surface area contributed by atoms with Gasteiger partial charge in [-0.15, -0.1) is 0 Å². The van der Waals surface area contributed by atoms with Crippen molar-refractivity contribution in [2.24, 2.45) is 27.9 Å². The highest BCUT2D eigenvalue weighted by atomic mass is 16.3. The average Bonchev–Trinajstić information content (AvgIpc) is 3.62. The number of H-pyrrole nitrogens is 1. The van der Waals surface area contributed by atoms with Crippen LogP contribution in [-0.2, 0) is 39.7 Å². The molecule has 274 valence electrons. The lowest BCUT2D eigenvalue weighted by Crippen LogP contribution is -2.65. The summed E-state index contributed by atoms with van der Waals surface area (Å²) in [5.74, 6) is 0.0148. The van der Waals surface area contributed by atoms with E-state index in [-0.39, 0.29) is 34.0 Å². The number of aliphatic hydroxyl groups is 1. The number of aromatic nitrogens is 2. The minimum Gasteiger partial charge on any atom is -0.399 e. The number of carbonyl (C=O) groups is 2. The minimum absolute atomic E-state index is 0.0371. The van der Waals surface area contributed by atoms with Gasteiger partial charge >= 0.3 is 0 Å². The Bertz CT molecular complexity index is 1830. The van der Waals surface area contributed by atoms with E-state index in [2.05, 4.69) is 74.2 Å². The topological polar surface area (TPSA) is 150 Å². The molecule has 0 spiro atoms. The summed E-state index contributed by atoms with van der Waals surface area (Å²) in [5.41, 5.74) is 18.1. The molecule has 9 nitrogen and oxygen atoms in total. The van der Waals surface area contributed by atoms with Crippen LogP contribution in [0.4, 0.5) is 11.4 Å². The third kappa shape index (κ3) is 5.35. The molecule has 3 aromatic rings. The molecule has 0 aliphatic heterocycles. The Morgan fingerprint density at radius 1 is 0.980 bits per heavy atom. The molecule has 8 atom stereocenters. The number of fused-ring (bicyclic) bond motifs is 6. The fourth-order valence-corrected chi connectivity index (χ4v) is 11.8. The molecular weight excluding hydrogens is 637 g/mol. The number of aryl methyl sites for hydroxylation is 2. The first-order valence-electron chi connectivity index (χ1n) is 19.1. The number of rotatable bonds is 7. The second kappa shape index (κ2) is 12.5. The summed E-state index contributed by atoms with van der Waals surface area (Å²) in [6, 6.07) is 11.9. The third-order valence-electron chi connectivity index (χ3n) is 15.2. The smallest absolute Gasteiger partial charge is 0.241 e. The Morgan fingerprint density at radius 3 is 2.45 bits per heavy atom. The van der Waals surface area contributed by atoms with Crippen molar-refractivity contribution in [2.45, 2.75) is 128 Å². The van der Waals surface area contributed by atoms with Crippen LogP contribution in [0.5, 0.6) is 0 Å². The van der Waals surface area contributed by atoms with Crippen molar-refractivity contribution in [3.05, 3.63) is 76.9 Å². The van der Waals surface area contributed by atoms with Gasteiger partial charge in [-0.05, 0) is 120 Å². The largest absolute Gasteiger partial charge is 0.399 e.